The highest BCUT2D eigenvalue weighted by molar-refractivity contribution is 5.96. The summed E-state index contributed by atoms with van der Waals surface area (Å²) in [6.45, 7) is 9.11. The molecule has 1 aliphatic heterocycles. The molecule has 0 bridgehead atoms. The molecule has 204 valence electrons. The van der Waals surface area contributed by atoms with Gasteiger partial charge in [-0.15, -0.1) is 0 Å². The maximum Gasteiger partial charge on any atom is 0.317 e. The van der Waals surface area contributed by atoms with Crippen molar-refractivity contribution in [3.63, 3.8) is 0 Å². The molecular weight excluding hydrogens is 486 g/mol. The summed E-state index contributed by atoms with van der Waals surface area (Å²) in [5, 5.41) is 5.55. The van der Waals surface area contributed by atoms with E-state index in [1.807, 2.05) is 43.3 Å². The number of urea groups is 1. The van der Waals surface area contributed by atoms with E-state index in [9.17, 15) is 19.2 Å². The second-order valence-electron chi connectivity index (χ2n) is 10.1. The third-order valence-electron chi connectivity index (χ3n) is 5.92. The van der Waals surface area contributed by atoms with Crippen molar-refractivity contribution in [2.24, 2.45) is 0 Å². The Morgan fingerprint density at radius 3 is 2.24 bits per heavy atom. The van der Waals surface area contributed by atoms with Crippen molar-refractivity contribution in [3.05, 3.63) is 54.2 Å². The largest absolute Gasteiger partial charge is 0.460 e. The van der Waals surface area contributed by atoms with E-state index in [0.717, 1.165) is 5.56 Å². The predicted octanol–water partition coefficient (Wildman–Crippen LogP) is 2.84. The van der Waals surface area contributed by atoms with Crippen LogP contribution >= 0.6 is 0 Å². The van der Waals surface area contributed by atoms with Crippen molar-refractivity contribution in [2.45, 2.75) is 52.2 Å². The van der Waals surface area contributed by atoms with E-state index >= 15 is 0 Å². The van der Waals surface area contributed by atoms with E-state index < -0.39 is 23.5 Å². The number of pyridine rings is 1. The van der Waals surface area contributed by atoms with E-state index in [2.05, 4.69) is 15.6 Å². The molecule has 0 saturated carbocycles. The topological polar surface area (TPSA) is 121 Å². The zero-order valence-electron chi connectivity index (χ0n) is 22.5. The Morgan fingerprint density at radius 1 is 0.947 bits per heavy atom. The van der Waals surface area contributed by atoms with Crippen LogP contribution in [0.3, 0.4) is 0 Å². The summed E-state index contributed by atoms with van der Waals surface area (Å²) in [5.74, 6) is -1.27. The number of ether oxygens (including phenoxy) is 1. The van der Waals surface area contributed by atoms with Gasteiger partial charge in [-0.25, -0.2) is 9.78 Å². The number of carbonyl (C=O) groups is 4. The summed E-state index contributed by atoms with van der Waals surface area (Å²) >= 11 is 0. The molecule has 2 N–H and O–H groups in total. The SMILES string of the molecule is CCNC(=O)N1CCN(C(=O)[C@H](CCC(=O)OC(C)(C)C)NC(=O)c2cccc(-c3ccccc3)n2)CC1. The van der Waals surface area contributed by atoms with Crippen LogP contribution in [0, 0.1) is 0 Å². The highest BCUT2D eigenvalue weighted by Crippen LogP contribution is 2.17. The molecule has 10 heteroatoms. The maximum absolute atomic E-state index is 13.5. The lowest BCUT2D eigenvalue weighted by molar-refractivity contribution is -0.155. The lowest BCUT2D eigenvalue weighted by Crippen LogP contribution is -2.57. The van der Waals surface area contributed by atoms with Gasteiger partial charge in [0.25, 0.3) is 5.91 Å². The average molecular weight is 524 g/mol. The Labute approximate surface area is 223 Å². The van der Waals surface area contributed by atoms with Crippen LogP contribution in [-0.4, -0.2) is 83.0 Å². The third-order valence-corrected chi connectivity index (χ3v) is 5.92. The molecule has 38 heavy (non-hydrogen) atoms. The number of nitrogens with one attached hydrogen (secondary N) is 2. The van der Waals surface area contributed by atoms with Crippen LogP contribution in [0.25, 0.3) is 11.3 Å². The molecule has 1 aromatic carbocycles. The quantitative estimate of drug-likeness (QED) is 0.514. The zero-order chi connectivity index (χ0) is 27.7. The van der Waals surface area contributed by atoms with Crippen LogP contribution in [0.2, 0.25) is 0 Å². The van der Waals surface area contributed by atoms with Gasteiger partial charge < -0.3 is 25.2 Å². The smallest absolute Gasteiger partial charge is 0.317 e. The lowest BCUT2D eigenvalue weighted by Gasteiger charge is -2.36. The fourth-order valence-corrected chi connectivity index (χ4v) is 4.09. The Hall–Kier alpha value is -3.95. The van der Waals surface area contributed by atoms with Gasteiger partial charge in [0, 0.05) is 44.7 Å². The van der Waals surface area contributed by atoms with Gasteiger partial charge in [-0.3, -0.25) is 14.4 Å². The monoisotopic (exact) mass is 523 g/mol. The average Bonchev–Trinajstić information content (AvgIpc) is 2.90. The van der Waals surface area contributed by atoms with Gasteiger partial charge >= 0.3 is 12.0 Å². The highest BCUT2D eigenvalue weighted by Gasteiger charge is 2.31. The summed E-state index contributed by atoms with van der Waals surface area (Å²) < 4.78 is 5.39. The van der Waals surface area contributed by atoms with Crippen LogP contribution in [-0.2, 0) is 14.3 Å². The molecule has 2 aromatic rings. The fourth-order valence-electron chi connectivity index (χ4n) is 4.09. The molecule has 0 radical (unpaired) electrons. The van der Waals surface area contributed by atoms with E-state index in [0.29, 0.717) is 38.4 Å². The van der Waals surface area contributed by atoms with Crippen molar-refractivity contribution in [1.82, 2.24) is 25.4 Å². The Kier molecular flexibility index (Phi) is 9.81. The molecule has 1 atom stereocenters. The molecule has 1 fully saturated rings. The fraction of sp³-hybridized carbons (Fsp3) is 0.464. The van der Waals surface area contributed by atoms with Crippen molar-refractivity contribution in [3.8, 4) is 11.3 Å². The van der Waals surface area contributed by atoms with Crippen molar-refractivity contribution in [1.29, 1.82) is 0 Å². The normalized spacial score (nSPS) is 14.4. The molecule has 1 saturated heterocycles. The molecular formula is C28H37N5O5. The number of hydrogen-bond acceptors (Lipinski definition) is 6. The van der Waals surface area contributed by atoms with Crippen molar-refractivity contribution in [2.75, 3.05) is 32.7 Å². The number of hydrogen-bond donors (Lipinski definition) is 2. The van der Waals surface area contributed by atoms with E-state index in [4.69, 9.17) is 4.74 Å². The van der Waals surface area contributed by atoms with Gasteiger partial charge in [0.2, 0.25) is 5.91 Å². The molecule has 0 aliphatic carbocycles. The molecule has 4 amide bonds. The van der Waals surface area contributed by atoms with Gasteiger partial charge in [0.05, 0.1) is 5.69 Å². The molecule has 3 rings (SSSR count). The number of rotatable bonds is 8. The summed E-state index contributed by atoms with van der Waals surface area (Å²) in [5.41, 5.74) is 1.01. The standard InChI is InChI=1S/C28H37N5O5/c1-5-29-27(37)33-18-16-32(17-19-33)26(36)23(14-15-24(34)38-28(2,3)4)31-25(35)22-13-9-12-21(30-22)20-10-7-6-8-11-20/h6-13,23H,5,14-19H2,1-4H3,(H,29,37)(H,31,35)/t23-/m0/s1. The summed E-state index contributed by atoms with van der Waals surface area (Å²) in [4.78, 5) is 58.9. The van der Waals surface area contributed by atoms with Gasteiger partial charge in [0.15, 0.2) is 0 Å². The molecule has 1 aliphatic rings. The number of nitrogens with zero attached hydrogens (tertiary/aromatic N) is 3. The van der Waals surface area contributed by atoms with E-state index in [1.165, 1.54) is 0 Å². The first-order valence-electron chi connectivity index (χ1n) is 12.9. The Morgan fingerprint density at radius 2 is 1.61 bits per heavy atom. The third kappa shape index (κ3) is 8.29. The highest BCUT2D eigenvalue weighted by atomic mass is 16.6. The molecule has 2 heterocycles. The summed E-state index contributed by atoms with van der Waals surface area (Å²) in [6, 6.07) is 13.5. The van der Waals surface area contributed by atoms with Crippen LogP contribution in [0.1, 0.15) is 51.0 Å². The molecule has 10 nitrogen and oxygen atoms in total. The molecule has 0 spiro atoms. The van der Waals surface area contributed by atoms with Crippen LogP contribution < -0.4 is 10.6 Å². The van der Waals surface area contributed by atoms with Gasteiger partial charge in [-0.1, -0.05) is 36.4 Å². The number of carbonyl (C=O) groups excluding carboxylic acids is 4. The summed E-state index contributed by atoms with van der Waals surface area (Å²) in [6.07, 6.45) is 0.0404. The van der Waals surface area contributed by atoms with Gasteiger partial charge in [0.1, 0.15) is 17.3 Å². The number of amides is 4. The molecule has 1 aromatic heterocycles. The van der Waals surface area contributed by atoms with Gasteiger partial charge in [-0.05, 0) is 46.2 Å². The van der Waals surface area contributed by atoms with Crippen LogP contribution in [0.5, 0.6) is 0 Å². The lowest BCUT2D eigenvalue weighted by atomic mass is 10.1. The maximum atomic E-state index is 13.5. The van der Waals surface area contributed by atoms with Crippen LogP contribution in [0.4, 0.5) is 4.79 Å². The summed E-state index contributed by atoms with van der Waals surface area (Å²) in [7, 11) is 0. The van der Waals surface area contributed by atoms with E-state index in [-0.39, 0.29) is 30.5 Å². The second kappa shape index (κ2) is 13.0. The predicted molar refractivity (Wildman–Crippen MR) is 143 cm³/mol. The van der Waals surface area contributed by atoms with Crippen molar-refractivity contribution < 1.29 is 23.9 Å². The second-order valence-corrected chi connectivity index (χ2v) is 10.1. The Bertz CT molecular complexity index is 1120. The van der Waals surface area contributed by atoms with Crippen molar-refractivity contribution >= 4 is 23.8 Å². The number of piperazine rings is 1. The first-order chi connectivity index (χ1) is 18.1. The number of aromatic nitrogens is 1. The molecule has 0 unspecified atom stereocenters. The van der Waals surface area contributed by atoms with Gasteiger partial charge in [-0.2, -0.15) is 0 Å². The van der Waals surface area contributed by atoms with Crippen LogP contribution in [0.15, 0.2) is 48.5 Å². The minimum Gasteiger partial charge on any atom is -0.460 e. The number of benzene rings is 1. The first kappa shape index (κ1) is 28.6. The first-order valence-corrected chi connectivity index (χ1v) is 12.9. The zero-order valence-corrected chi connectivity index (χ0v) is 22.5. The Balaban J connectivity index is 1.72. The van der Waals surface area contributed by atoms with E-state index in [1.54, 1.807) is 42.7 Å². The minimum atomic E-state index is -0.951. The minimum absolute atomic E-state index is 0.0374. The number of esters is 1.